The van der Waals surface area contributed by atoms with Crippen LogP contribution < -0.4 is 4.74 Å². The smallest absolute Gasteiger partial charge is 0.170 e. The van der Waals surface area contributed by atoms with Gasteiger partial charge in [-0.15, -0.1) is 0 Å². The van der Waals surface area contributed by atoms with Crippen molar-refractivity contribution in [2.24, 2.45) is 0 Å². The van der Waals surface area contributed by atoms with Crippen molar-refractivity contribution in [3.05, 3.63) is 41.7 Å². The number of aromatic nitrogens is 2. The van der Waals surface area contributed by atoms with Crippen molar-refractivity contribution in [1.82, 2.24) is 9.97 Å². The van der Waals surface area contributed by atoms with Gasteiger partial charge in [0, 0.05) is 0 Å². The van der Waals surface area contributed by atoms with Gasteiger partial charge in [-0.25, -0.2) is 23.1 Å². The first-order valence-electron chi connectivity index (χ1n) is 11.6. The molecule has 1 unspecified atom stereocenters. The zero-order valence-electron chi connectivity index (χ0n) is 18.8. The topological polar surface area (TPSA) is 35.0 Å². The fourth-order valence-corrected chi connectivity index (χ4v) is 3.48. The van der Waals surface area contributed by atoms with Gasteiger partial charge in [-0.3, -0.25) is 0 Å². The van der Waals surface area contributed by atoms with Crippen molar-refractivity contribution in [2.75, 3.05) is 6.61 Å². The van der Waals surface area contributed by atoms with Gasteiger partial charge >= 0.3 is 0 Å². The first-order chi connectivity index (χ1) is 15.0. The van der Waals surface area contributed by atoms with Gasteiger partial charge in [0.15, 0.2) is 23.2 Å². The quantitative estimate of drug-likeness (QED) is 0.269. The predicted octanol–water partition coefficient (Wildman–Crippen LogP) is 7.62. The molecule has 172 valence electrons. The summed E-state index contributed by atoms with van der Waals surface area (Å²) in [5.74, 6) is -1.14. The van der Waals surface area contributed by atoms with E-state index in [-0.39, 0.29) is 11.4 Å². The Balaban J connectivity index is 1.84. The van der Waals surface area contributed by atoms with Crippen LogP contribution in [0.1, 0.15) is 83.6 Å². The van der Waals surface area contributed by atoms with E-state index in [0.717, 1.165) is 25.7 Å². The summed E-state index contributed by atoms with van der Waals surface area (Å²) in [7, 11) is 0. The van der Waals surface area contributed by atoms with Gasteiger partial charge in [-0.2, -0.15) is 0 Å². The van der Waals surface area contributed by atoms with Crippen molar-refractivity contribution in [1.29, 1.82) is 0 Å². The number of hydrogen-bond acceptors (Lipinski definition) is 3. The largest absolute Gasteiger partial charge is 0.490 e. The number of unbranched alkanes of at least 4 members (excludes halogenated alkanes) is 7. The Morgan fingerprint density at radius 3 is 2.26 bits per heavy atom. The average Bonchev–Trinajstić information content (AvgIpc) is 2.76. The van der Waals surface area contributed by atoms with E-state index >= 15 is 0 Å². The van der Waals surface area contributed by atoms with Crippen molar-refractivity contribution in [3.63, 3.8) is 0 Å². The lowest BCUT2D eigenvalue weighted by molar-refractivity contribution is 0.302. The minimum atomic E-state index is -0.935. The number of aryl methyl sites for hydroxylation is 1. The molecule has 0 amide bonds. The summed E-state index contributed by atoms with van der Waals surface area (Å²) in [5, 5.41) is 0. The Labute approximate surface area is 184 Å². The number of alkyl halides is 1. The molecule has 6 heteroatoms. The van der Waals surface area contributed by atoms with Gasteiger partial charge in [-0.05, 0) is 44.2 Å². The highest BCUT2D eigenvalue weighted by Gasteiger charge is 2.16. The molecule has 0 spiro atoms. The van der Waals surface area contributed by atoms with Gasteiger partial charge in [-0.1, -0.05) is 57.9 Å². The summed E-state index contributed by atoms with van der Waals surface area (Å²) >= 11 is 0. The highest BCUT2D eigenvalue weighted by atomic mass is 19.2. The highest BCUT2D eigenvalue weighted by Crippen LogP contribution is 2.25. The number of hydrogen-bond donors (Lipinski definition) is 0. The lowest BCUT2D eigenvalue weighted by atomic mass is 10.0. The standard InChI is InChI=1S/C25H35F3N2O/c1-3-4-5-6-7-11-16-31-21-17-29-25(30-18-21)22-15-14-20(23(27)24(22)28)13-10-8-9-12-19(2)26/h14-15,17-19H,3-13,16H2,1-2H3. The zero-order chi connectivity index (χ0) is 22.5. The van der Waals surface area contributed by atoms with Crippen molar-refractivity contribution >= 4 is 0 Å². The number of benzene rings is 1. The molecule has 0 fully saturated rings. The van der Waals surface area contributed by atoms with Crippen LogP contribution in [0.4, 0.5) is 13.2 Å². The van der Waals surface area contributed by atoms with E-state index in [1.54, 1.807) is 6.07 Å². The highest BCUT2D eigenvalue weighted by molar-refractivity contribution is 5.57. The van der Waals surface area contributed by atoms with E-state index in [2.05, 4.69) is 16.9 Å². The van der Waals surface area contributed by atoms with E-state index < -0.39 is 17.8 Å². The van der Waals surface area contributed by atoms with Crippen LogP contribution in [-0.4, -0.2) is 22.7 Å². The van der Waals surface area contributed by atoms with Gasteiger partial charge in [0.25, 0.3) is 0 Å². The predicted molar refractivity (Wildman–Crippen MR) is 119 cm³/mol. The molecule has 1 heterocycles. The van der Waals surface area contributed by atoms with E-state index in [1.165, 1.54) is 51.1 Å². The lowest BCUT2D eigenvalue weighted by Crippen LogP contribution is -2.02. The molecular weight excluding hydrogens is 401 g/mol. The summed E-state index contributed by atoms with van der Waals surface area (Å²) in [4.78, 5) is 8.29. The third-order valence-electron chi connectivity index (χ3n) is 5.35. The maximum Gasteiger partial charge on any atom is 0.170 e. The SMILES string of the molecule is CCCCCCCCOc1cnc(-c2ccc(CCCCCC(C)F)c(F)c2F)nc1. The van der Waals surface area contributed by atoms with Crippen LogP contribution in [-0.2, 0) is 6.42 Å². The second-order valence-electron chi connectivity index (χ2n) is 8.14. The zero-order valence-corrected chi connectivity index (χ0v) is 18.8. The van der Waals surface area contributed by atoms with Gasteiger partial charge in [0.05, 0.1) is 30.7 Å². The summed E-state index contributed by atoms with van der Waals surface area (Å²) < 4.78 is 47.5. The Kier molecular flexibility index (Phi) is 11.4. The first kappa shape index (κ1) is 25.2. The Hall–Kier alpha value is -2.11. The fraction of sp³-hybridized carbons (Fsp3) is 0.600. The lowest BCUT2D eigenvalue weighted by Gasteiger charge is -2.09. The van der Waals surface area contributed by atoms with Crippen molar-refractivity contribution < 1.29 is 17.9 Å². The monoisotopic (exact) mass is 436 g/mol. The number of halogens is 3. The molecule has 1 atom stereocenters. The molecule has 1 aromatic heterocycles. The van der Waals surface area contributed by atoms with E-state index in [0.29, 0.717) is 37.2 Å². The molecule has 0 radical (unpaired) electrons. The maximum absolute atomic E-state index is 14.6. The molecule has 0 aliphatic heterocycles. The molecule has 0 aliphatic rings. The van der Waals surface area contributed by atoms with Crippen molar-refractivity contribution in [2.45, 2.75) is 90.6 Å². The molecule has 0 saturated heterocycles. The Morgan fingerprint density at radius 1 is 0.871 bits per heavy atom. The molecule has 0 bridgehead atoms. The number of ether oxygens (including phenoxy) is 1. The van der Waals surface area contributed by atoms with Crippen LogP contribution >= 0.6 is 0 Å². The van der Waals surface area contributed by atoms with Gasteiger partial charge < -0.3 is 4.74 Å². The van der Waals surface area contributed by atoms with Crippen LogP contribution in [0.2, 0.25) is 0 Å². The molecule has 0 N–H and O–H groups in total. The number of rotatable bonds is 15. The van der Waals surface area contributed by atoms with Crippen LogP contribution in [0.25, 0.3) is 11.4 Å². The Bertz CT molecular complexity index is 766. The third kappa shape index (κ3) is 8.88. The second kappa shape index (κ2) is 14.0. The van der Waals surface area contributed by atoms with Crippen molar-refractivity contribution in [3.8, 4) is 17.1 Å². The molecule has 1 aromatic carbocycles. The molecule has 2 rings (SSSR count). The van der Waals surface area contributed by atoms with E-state index in [1.807, 2.05) is 0 Å². The minimum Gasteiger partial charge on any atom is -0.490 e. The van der Waals surface area contributed by atoms with Crippen LogP contribution in [0.3, 0.4) is 0 Å². The summed E-state index contributed by atoms with van der Waals surface area (Å²) in [6.07, 6.45) is 12.4. The second-order valence-corrected chi connectivity index (χ2v) is 8.14. The normalized spacial score (nSPS) is 12.2. The van der Waals surface area contributed by atoms with E-state index in [9.17, 15) is 13.2 Å². The molecule has 0 saturated carbocycles. The van der Waals surface area contributed by atoms with E-state index in [4.69, 9.17) is 4.74 Å². The maximum atomic E-state index is 14.6. The summed E-state index contributed by atoms with van der Waals surface area (Å²) in [6.45, 7) is 4.32. The van der Waals surface area contributed by atoms with Crippen LogP contribution in [0.15, 0.2) is 24.5 Å². The molecular formula is C25H35F3N2O. The molecule has 0 aliphatic carbocycles. The fourth-order valence-electron chi connectivity index (χ4n) is 3.48. The molecule has 31 heavy (non-hydrogen) atoms. The van der Waals surface area contributed by atoms with Crippen LogP contribution in [0.5, 0.6) is 5.75 Å². The van der Waals surface area contributed by atoms with Crippen LogP contribution in [0, 0.1) is 11.6 Å². The average molecular weight is 437 g/mol. The first-order valence-corrected chi connectivity index (χ1v) is 11.6. The van der Waals surface area contributed by atoms with Gasteiger partial charge in [0.1, 0.15) is 0 Å². The summed E-state index contributed by atoms with van der Waals surface area (Å²) in [5.41, 5.74) is 0.364. The molecule has 3 nitrogen and oxygen atoms in total. The summed E-state index contributed by atoms with van der Waals surface area (Å²) in [6, 6.07) is 3.10. The van der Waals surface area contributed by atoms with Gasteiger partial charge in [0.2, 0.25) is 0 Å². The minimum absolute atomic E-state index is 0.0370. The third-order valence-corrected chi connectivity index (χ3v) is 5.35. The number of nitrogens with zero attached hydrogens (tertiary/aromatic N) is 2. The molecule has 2 aromatic rings. The Morgan fingerprint density at radius 2 is 1.55 bits per heavy atom.